The number of nitrogens with two attached hydrogens (primary N) is 1. The van der Waals surface area contributed by atoms with Gasteiger partial charge in [-0.25, -0.2) is 9.37 Å². The standard InChI is InChI=1S/C25H28FN5OS/c1-13-2-7-19-22(27)23(33-25(19)28-13)24(32)30-16-4-3-14-10-21(20(26)9-15(14)8-16)31-11-17-5-6-18(12-31)29-17/h2,7,9-10,16-18,29H,3-6,8,11-12,27H2,1H3,(H,30,32)/t16-,17?,18?/m1/s1. The Morgan fingerprint density at radius 2 is 2.00 bits per heavy atom. The summed E-state index contributed by atoms with van der Waals surface area (Å²) in [7, 11) is 0. The zero-order valence-corrected chi connectivity index (χ0v) is 19.5. The number of rotatable bonds is 3. The number of carbonyl (C=O) groups is 1. The van der Waals surface area contributed by atoms with Gasteiger partial charge in [0.1, 0.15) is 15.5 Å². The van der Waals surface area contributed by atoms with Crippen molar-refractivity contribution in [3.8, 4) is 0 Å². The molecule has 2 fully saturated rings. The molecule has 3 aliphatic rings. The number of pyridine rings is 1. The highest BCUT2D eigenvalue weighted by Crippen LogP contribution is 2.34. The summed E-state index contributed by atoms with van der Waals surface area (Å²) in [4.78, 5) is 21.0. The Morgan fingerprint density at radius 1 is 1.21 bits per heavy atom. The van der Waals surface area contributed by atoms with Gasteiger partial charge in [-0.3, -0.25) is 4.79 Å². The van der Waals surface area contributed by atoms with Crippen LogP contribution in [0.5, 0.6) is 0 Å². The van der Waals surface area contributed by atoms with E-state index in [0.29, 0.717) is 29.1 Å². The zero-order valence-electron chi connectivity index (χ0n) is 18.7. The van der Waals surface area contributed by atoms with Crippen molar-refractivity contribution in [3.05, 3.63) is 51.8 Å². The van der Waals surface area contributed by atoms with E-state index in [1.807, 2.05) is 25.1 Å². The van der Waals surface area contributed by atoms with Crippen molar-refractivity contribution < 1.29 is 9.18 Å². The van der Waals surface area contributed by atoms with Crippen LogP contribution in [-0.2, 0) is 12.8 Å². The fourth-order valence-electron chi connectivity index (χ4n) is 5.63. The Hall–Kier alpha value is -2.71. The van der Waals surface area contributed by atoms with Crippen molar-refractivity contribution in [2.45, 2.75) is 57.2 Å². The smallest absolute Gasteiger partial charge is 0.263 e. The molecule has 2 aliphatic heterocycles. The number of amides is 1. The third-order valence-electron chi connectivity index (χ3n) is 7.33. The van der Waals surface area contributed by atoms with Crippen LogP contribution in [0.1, 0.15) is 45.8 Å². The number of benzene rings is 1. The third kappa shape index (κ3) is 3.75. The van der Waals surface area contributed by atoms with E-state index in [1.54, 1.807) is 6.07 Å². The van der Waals surface area contributed by atoms with Gasteiger partial charge in [-0.15, -0.1) is 11.3 Å². The molecule has 0 saturated carbocycles. The number of aryl methyl sites for hydroxylation is 2. The highest BCUT2D eigenvalue weighted by molar-refractivity contribution is 7.21. The van der Waals surface area contributed by atoms with Gasteiger partial charge in [-0.2, -0.15) is 0 Å². The summed E-state index contributed by atoms with van der Waals surface area (Å²) < 4.78 is 15.1. The number of anilines is 2. The first kappa shape index (κ1) is 20.9. The van der Waals surface area contributed by atoms with Gasteiger partial charge < -0.3 is 21.3 Å². The first-order chi connectivity index (χ1) is 15.9. The first-order valence-electron chi connectivity index (χ1n) is 11.7. The van der Waals surface area contributed by atoms with E-state index in [2.05, 4.69) is 20.5 Å². The average molecular weight is 466 g/mol. The minimum absolute atomic E-state index is 0.0374. The summed E-state index contributed by atoms with van der Waals surface area (Å²) in [6, 6.07) is 8.46. The number of carbonyl (C=O) groups excluding carboxylic acids is 1. The Balaban J connectivity index is 1.18. The lowest BCUT2D eigenvalue weighted by molar-refractivity contribution is 0.0938. The first-order valence-corrected chi connectivity index (χ1v) is 12.5. The van der Waals surface area contributed by atoms with Gasteiger partial charge in [0.25, 0.3) is 5.91 Å². The predicted octanol–water partition coefficient (Wildman–Crippen LogP) is 3.55. The molecule has 0 radical (unpaired) electrons. The van der Waals surface area contributed by atoms with E-state index in [0.717, 1.165) is 53.1 Å². The Bertz CT molecular complexity index is 1250. The van der Waals surface area contributed by atoms with Gasteiger partial charge in [0.2, 0.25) is 0 Å². The summed E-state index contributed by atoms with van der Waals surface area (Å²) in [5, 5.41) is 7.56. The fraction of sp³-hybridized carbons (Fsp3) is 0.440. The van der Waals surface area contributed by atoms with Crippen LogP contribution in [-0.4, -0.2) is 42.1 Å². The lowest BCUT2D eigenvalue weighted by atomic mass is 9.87. The molecule has 2 saturated heterocycles. The fourth-order valence-corrected chi connectivity index (χ4v) is 6.68. The number of fused-ring (bicyclic) bond motifs is 4. The van der Waals surface area contributed by atoms with Crippen LogP contribution in [0.2, 0.25) is 0 Å². The highest BCUT2D eigenvalue weighted by Gasteiger charge is 2.34. The number of aromatic nitrogens is 1. The second kappa shape index (κ2) is 7.95. The zero-order chi connectivity index (χ0) is 22.7. The lowest BCUT2D eigenvalue weighted by Crippen LogP contribution is -2.51. The Morgan fingerprint density at radius 3 is 2.79 bits per heavy atom. The van der Waals surface area contributed by atoms with Crippen molar-refractivity contribution in [1.82, 2.24) is 15.6 Å². The second-order valence-corrected chi connectivity index (χ2v) is 10.7. The van der Waals surface area contributed by atoms with Gasteiger partial charge in [0, 0.05) is 42.3 Å². The van der Waals surface area contributed by atoms with E-state index in [9.17, 15) is 4.79 Å². The van der Waals surface area contributed by atoms with Gasteiger partial charge in [-0.05, 0) is 74.4 Å². The molecule has 33 heavy (non-hydrogen) atoms. The molecule has 1 aliphatic carbocycles. The van der Waals surface area contributed by atoms with Crippen LogP contribution in [0.25, 0.3) is 10.2 Å². The summed E-state index contributed by atoms with van der Waals surface area (Å²) in [6.45, 7) is 3.66. The van der Waals surface area contributed by atoms with Crippen molar-refractivity contribution >= 4 is 38.8 Å². The van der Waals surface area contributed by atoms with E-state index in [1.165, 1.54) is 29.7 Å². The number of piperazine rings is 1. The minimum Gasteiger partial charge on any atom is -0.397 e. The quantitative estimate of drug-likeness (QED) is 0.551. The maximum Gasteiger partial charge on any atom is 0.263 e. The molecule has 172 valence electrons. The monoisotopic (exact) mass is 465 g/mol. The van der Waals surface area contributed by atoms with Gasteiger partial charge in [0.15, 0.2) is 0 Å². The molecule has 4 N–H and O–H groups in total. The van der Waals surface area contributed by atoms with Gasteiger partial charge >= 0.3 is 0 Å². The van der Waals surface area contributed by atoms with E-state index < -0.39 is 0 Å². The minimum atomic E-state index is -0.171. The van der Waals surface area contributed by atoms with Crippen molar-refractivity contribution in [1.29, 1.82) is 0 Å². The number of hydrogen-bond donors (Lipinski definition) is 3. The summed E-state index contributed by atoms with van der Waals surface area (Å²) >= 11 is 1.33. The Kier molecular flexibility index (Phi) is 5.03. The van der Waals surface area contributed by atoms with Crippen LogP contribution in [0.3, 0.4) is 0 Å². The number of nitrogens with one attached hydrogen (secondary N) is 2. The maximum atomic E-state index is 15.1. The van der Waals surface area contributed by atoms with E-state index in [-0.39, 0.29) is 17.8 Å². The molecular weight excluding hydrogens is 437 g/mol. The summed E-state index contributed by atoms with van der Waals surface area (Å²) in [5.74, 6) is -0.327. The number of nitrogens with zero attached hydrogens (tertiary/aromatic N) is 2. The van der Waals surface area contributed by atoms with Crippen LogP contribution in [0.15, 0.2) is 24.3 Å². The lowest BCUT2D eigenvalue weighted by Gasteiger charge is -2.36. The summed E-state index contributed by atoms with van der Waals surface area (Å²) in [6.07, 6.45) is 4.64. The number of hydrogen-bond acceptors (Lipinski definition) is 6. The van der Waals surface area contributed by atoms with Gasteiger partial charge in [-0.1, -0.05) is 0 Å². The van der Waals surface area contributed by atoms with Crippen LogP contribution in [0.4, 0.5) is 15.8 Å². The molecule has 2 unspecified atom stereocenters. The van der Waals surface area contributed by atoms with E-state index >= 15 is 4.39 Å². The number of nitrogen functional groups attached to an aromatic ring is 1. The molecule has 2 bridgehead atoms. The molecule has 4 heterocycles. The molecule has 3 aromatic rings. The number of thiophene rings is 1. The molecule has 2 aromatic heterocycles. The molecular formula is C25H28FN5OS. The topological polar surface area (TPSA) is 83.3 Å². The van der Waals surface area contributed by atoms with Crippen LogP contribution < -0.4 is 21.3 Å². The van der Waals surface area contributed by atoms with Crippen molar-refractivity contribution in [2.75, 3.05) is 23.7 Å². The second-order valence-electron chi connectivity index (χ2n) is 9.68. The largest absolute Gasteiger partial charge is 0.397 e. The summed E-state index contributed by atoms with van der Waals surface area (Å²) in [5.41, 5.74) is 10.6. The molecule has 0 spiro atoms. The number of halogens is 1. The highest BCUT2D eigenvalue weighted by atomic mass is 32.1. The predicted molar refractivity (Wildman–Crippen MR) is 131 cm³/mol. The average Bonchev–Trinajstić information content (AvgIpc) is 3.30. The van der Waals surface area contributed by atoms with Crippen LogP contribution in [0, 0.1) is 12.7 Å². The molecule has 6 rings (SSSR count). The SMILES string of the molecule is Cc1ccc2c(N)c(C(=O)N[C@@H]3CCc4cc(N5CC6CCC(C5)N6)c(F)cc4C3)sc2n1. The molecule has 8 heteroatoms. The molecule has 6 nitrogen and oxygen atoms in total. The third-order valence-corrected chi connectivity index (χ3v) is 8.44. The normalized spacial score (nSPS) is 24.2. The Labute approximate surface area is 196 Å². The van der Waals surface area contributed by atoms with Gasteiger partial charge in [0.05, 0.1) is 11.4 Å². The molecule has 1 amide bonds. The van der Waals surface area contributed by atoms with Crippen molar-refractivity contribution in [2.24, 2.45) is 0 Å². The van der Waals surface area contributed by atoms with Crippen molar-refractivity contribution in [3.63, 3.8) is 0 Å². The van der Waals surface area contributed by atoms with Crippen LogP contribution >= 0.6 is 11.3 Å². The molecule has 1 aromatic carbocycles. The molecule has 3 atom stereocenters. The van der Waals surface area contributed by atoms with E-state index in [4.69, 9.17) is 5.73 Å². The maximum absolute atomic E-state index is 15.1.